The van der Waals surface area contributed by atoms with Gasteiger partial charge in [-0.15, -0.1) is 0 Å². The Labute approximate surface area is 251 Å². The van der Waals surface area contributed by atoms with Crippen LogP contribution in [0.1, 0.15) is 91.0 Å². The van der Waals surface area contributed by atoms with Gasteiger partial charge in [-0.1, -0.05) is 73.0 Å². The maximum Gasteiger partial charge on any atom is 0.410 e. The second-order valence-corrected chi connectivity index (χ2v) is 14.9. The van der Waals surface area contributed by atoms with Crippen LogP contribution in [-0.2, 0) is 16.1 Å². The van der Waals surface area contributed by atoms with Gasteiger partial charge in [-0.3, -0.25) is 0 Å². The van der Waals surface area contributed by atoms with Crippen LogP contribution in [0.15, 0.2) is 58.3 Å². The minimum Gasteiger partial charge on any atom is -0.445 e. The third kappa shape index (κ3) is 4.46. The molecule has 2 saturated carbocycles. The molecule has 226 valence electrons. The Hall–Kier alpha value is -2.60. The number of carbonyl (C=O) groups excluding carboxylic acids is 1. The number of nitrogens with zero attached hydrogens (tertiary/aromatic N) is 2. The Morgan fingerprint density at radius 1 is 1.17 bits per heavy atom. The van der Waals surface area contributed by atoms with Gasteiger partial charge in [0.2, 0.25) is 0 Å². The number of fused-ring (bicyclic) bond motifs is 6. The van der Waals surface area contributed by atoms with Gasteiger partial charge in [-0.2, -0.15) is 0 Å². The first-order chi connectivity index (χ1) is 20.2. The molecule has 1 unspecified atom stereocenters. The SMILES string of the molecule is CC1=C2C[C@H]3C(CCC4=C/C(=N/O)CC[C@@]43C)[C@@H]2CC[C@@]2(C1)O[C@@H]1C[C@H](C)CN(C(=O)OCc3ccccc3)[C@H]1[C@H]2C. The molecule has 1 amide bonds. The Morgan fingerprint density at radius 3 is 2.76 bits per heavy atom. The third-order valence-electron chi connectivity index (χ3n) is 12.6. The molecule has 7 rings (SSSR count). The predicted octanol–water partition coefficient (Wildman–Crippen LogP) is 7.91. The van der Waals surface area contributed by atoms with E-state index in [4.69, 9.17) is 9.47 Å². The molecule has 0 radical (unpaired) electrons. The molecule has 9 atom stereocenters. The van der Waals surface area contributed by atoms with Gasteiger partial charge < -0.3 is 19.6 Å². The number of ether oxygens (including phenoxy) is 2. The third-order valence-corrected chi connectivity index (χ3v) is 12.6. The summed E-state index contributed by atoms with van der Waals surface area (Å²) in [4.78, 5) is 15.5. The van der Waals surface area contributed by atoms with Crippen molar-refractivity contribution in [3.63, 3.8) is 0 Å². The van der Waals surface area contributed by atoms with Gasteiger partial charge in [0.15, 0.2) is 0 Å². The van der Waals surface area contributed by atoms with E-state index < -0.39 is 0 Å². The largest absolute Gasteiger partial charge is 0.445 e. The number of likely N-dealkylation sites (tertiary alicyclic amines) is 1. The Bertz CT molecular complexity index is 1320. The van der Waals surface area contributed by atoms with E-state index in [1.165, 1.54) is 24.8 Å². The lowest BCUT2D eigenvalue weighted by Crippen LogP contribution is -2.54. The maximum absolute atomic E-state index is 13.5. The Morgan fingerprint density at radius 2 is 1.98 bits per heavy atom. The number of oxime groups is 1. The van der Waals surface area contributed by atoms with Crippen LogP contribution >= 0.6 is 0 Å². The molecule has 1 aromatic rings. The van der Waals surface area contributed by atoms with Crippen molar-refractivity contribution in [2.45, 2.75) is 110 Å². The standard InChI is InChI=1S/C36H48N2O4/c1-22-16-32-33(38(20-22)34(39)41-21-25-8-6-5-7-9-25)24(3)36(42-32)15-13-28-29-11-10-26-17-27(37-40)12-14-35(26,4)31(29)18-30(28)23(2)19-36/h5-9,17,22,24,28-29,31-33,40H,10-16,18-21H2,1-4H3/b37-27+/t22-,24+,28-,29?,31-,32+,33-,35-,36-/m0/s1. The Kier molecular flexibility index (Phi) is 7.07. The molecular weight excluding hydrogens is 524 g/mol. The average Bonchev–Trinajstić information content (AvgIpc) is 3.45. The first kappa shape index (κ1) is 28.2. The molecule has 4 fully saturated rings. The zero-order valence-electron chi connectivity index (χ0n) is 25.9. The molecular formula is C36H48N2O4. The number of rotatable bonds is 2. The molecule has 2 aliphatic heterocycles. The molecule has 6 nitrogen and oxygen atoms in total. The topological polar surface area (TPSA) is 71.4 Å². The fraction of sp³-hybridized carbons (Fsp3) is 0.667. The number of carbonyl (C=O) groups is 1. The molecule has 42 heavy (non-hydrogen) atoms. The normalized spacial score (nSPS) is 42.0. The highest BCUT2D eigenvalue weighted by Gasteiger charge is 2.60. The summed E-state index contributed by atoms with van der Waals surface area (Å²) >= 11 is 0. The number of amides is 1. The van der Waals surface area contributed by atoms with Gasteiger partial charge in [-0.25, -0.2) is 4.79 Å². The highest BCUT2D eigenvalue weighted by atomic mass is 16.6. The van der Waals surface area contributed by atoms with Crippen molar-refractivity contribution in [1.82, 2.24) is 4.90 Å². The first-order valence-corrected chi connectivity index (χ1v) is 16.5. The van der Waals surface area contributed by atoms with E-state index >= 15 is 0 Å². The van der Waals surface area contributed by atoms with Crippen molar-refractivity contribution < 1.29 is 19.5 Å². The van der Waals surface area contributed by atoms with Gasteiger partial charge in [0, 0.05) is 12.5 Å². The van der Waals surface area contributed by atoms with Gasteiger partial charge in [-0.05, 0) is 105 Å². The monoisotopic (exact) mass is 572 g/mol. The first-order valence-electron chi connectivity index (χ1n) is 16.5. The smallest absolute Gasteiger partial charge is 0.410 e. The lowest BCUT2D eigenvalue weighted by Gasteiger charge is -2.48. The molecule has 2 heterocycles. The minimum absolute atomic E-state index is 0.0684. The van der Waals surface area contributed by atoms with Crippen LogP contribution in [0.3, 0.4) is 0 Å². The van der Waals surface area contributed by atoms with Crippen molar-refractivity contribution in [3.05, 3.63) is 58.7 Å². The van der Waals surface area contributed by atoms with E-state index in [1.54, 1.807) is 11.1 Å². The van der Waals surface area contributed by atoms with E-state index in [-0.39, 0.29) is 35.2 Å². The van der Waals surface area contributed by atoms with E-state index in [0.29, 0.717) is 24.4 Å². The highest BCUT2D eigenvalue weighted by Crippen LogP contribution is 2.64. The molecule has 4 aliphatic carbocycles. The summed E-state index contributed by atoms with van der Waals surface area (Å²) in [5.74, 6) is 2.70. The number of hydrogen-bond acceptors (Lipinski definition) is 5. The van der Waals surface area contributed by atoms with Crippen LogP contribution in [0.4, 0.5) is 4.79 Å². The summed E-state index contributed by atoms with van der Waals surface area (Å²) in [6.45, 7) is 10.5. The fourth-order valence-corrected chi connectivity index (χ4v) is 10.5. The van der Waals surface area contributed by atoms with Crippen molar-refractivity contribution >= 4 is 11.8 Å². The van der Waals surface area contributed by atoms with Crippen molar-refractivity contribution in [2.24, 2.45) is 40.2 Å². The van der Waals surface area contributed by atoms with Crippen LogP contribution in [0.2, 0.25) is 0 Å². The van der Waals surface area contributed by atoms with Crippen LogP contribution in [0, 0.1) is 35.0 Å². The van der Waals surface area contributed by atoms with Crippen LogP contribution < -0.4 is 0 Å². The predicted molar refractivity (Wildman–Crippen MR) is 163 cm³/mol. The van der Waals surface area contributed by atoms with Crippen LogP contribution in [0.5, 0.6) is 0 Å². The average molecular weight is 573 g/mol. The van der Waals surface area contributed by atoms with Crippen molar-refractivity contribution in [2.75, 3.05) is 6.54 Å². The summed E-state index contributed by atoms with van der Waals surface area (Å²) in [5, 5.41) is 13.0. The fourth-order valence-electron chi connectivity index (χ4n) is 10.5. The number of piperidine rings is 1. The molecule has 1 spiro atoms. The lowest BCUT2D eigenvalue weighted by atomic mass is 9.56. The van der Waals surface area contributed by atoms with Crippen molar-refractivity contribution in [1.29, 1.82) is 0 Å². The summed E-state index contributed by atoms with van der Waals surface area (Å²) in [6.07, 6.45) is 11.9. The van der Waals surface area contributed by atoms with Gasteiger partial charge in [0.25, 0.3) is 0 Å². The highest BCUT2D eigenvalue weighted by molar-refractivity contribution is 5.96. The van der Waals surface area contributed by atoms with E-state index in [0.717, 1.165) is 62.3 Å². The van der Waals surface area contributed by atoms with E-state index in [2.05, 4.69) is 38.9 Å². The van der Waals surface area contributed by atoms with Crippen LogP contribution in [-0.4, -0.2) is 46.2 Å². The molecule has 2 saturated heterocycles. The zero-order chi connectivity index (χ0) is 29.2. The van der Waals surface area contributed by atoms with E-state index in [9.17, 15) is 10.0 Å². The number of allylic oxidation sites excluding steroid dienone is 3. The van der Waals surface area contributed by atoms with Gasteiger partial charge >= 0.3 is 6.09 Å². The summed E-state index contributed by atoms with van der Waals surface area (Å²) in [5.41, 5.74) is 6.65. The van der Waals surface area contributed by atoms with Gasteiger partial charge in [0.1, 0.15) is 6.61 Å². The minimum atomic E-state index is -0.213. The number of hydrogen-bond donors (Lipinski definition) is 1. The van der Waals surface area contributed by atoms with Crippen molar-refractivity contribution in [3.8, 4) is 0 Å². The summed E-state index contributed by atoms with van der Waals surface area (Å²) in [6, 6.07) is 10.0. The Balaban J connectivity index is 1.12. The quantitative estimate of drug-likeness (QED) is 0.222. The molecule has 6 heteroatoms. The van der Waals surface area contributed by atoms with E-state index in [1.807, 2.05) is 35.2 Å². The maximum atomic E-state index is 13.5. The van der Waals surface area contributed by atoms with Crippen LogP contribution in [0.25, 0.3) is 0 Å². The van der Waals surface area contributed by atoms with Gasteiger partial charge in [0.05, 0.1) is 23.5 Å². The zero-order valence-corrected chi connectivity index (χ0v) is 25.9. The molecule has 1 N–H and O–H groups in total. The molecule has 0 bridgehead atoms. The number of benzene rings is 1. The molecule has 6 aliphatic rings. The summed E-state index contributed by atoms with van der Waals surface area (Å²) < 4.78 is 13.0. The molecule has 1 aromatic carbocycles. The second kappa shape index (κ2) is 10.5. The lowest BCUT2D eigenvalue weighted by molar-refractivity contribution is -0.0784. The second-order valence-electron chi connectivity index (χ2n) is 14.9. The summed E-state index contributed by atoms with van der Waals surface area (Å²) in [7, 11) is 0. The molecule has 0 aromatic heterocycles.